The van der Waals surface area contributed by atoms with Crippen molar-refractivity contribution in [2.75, 3.05) is 25.7 Å². The number of rotatable bonds is 6. The number of hydrogen-bond donors (Lipinski definition) is 1. The van der Waals surface area contributed by atoms with Gasteiger partial charge in [0.2, 0.25) is 11.8 Å². The SMILES string of the molecule is COc1ccc(OC)c(N2CC(C(=O)NCc3ccccc3F)CC2=O)c1. The second-order valence-electron chi connectivity index (χ2n) is 6.25. The molecule has 27 heavy (non-hydrogen) atoms. The lowest BCUT2D eigenvalue weighted by Crippen LogP contribution is -2.32. The Hall–Kier alpha value is -3.09. The van der Waals surface area contributed by atoms with Crippen molar-refractivity contribution in [3.63, 3.8) is 0 Å². The van der Waals surface area contributed by atoms with Crippen molar-refractivity contribution in [3.05, 3.63) is 53.8 Å². The molecular weight excluding hydrogens is 351 g/mol. The summed E-state index contributed by atoms with van der Waals surface area (Å²) >= 11 is 0. The fraction of sp³-hybridized carbons (Fsp3) is 0.300. The number of nitrogens with one attached hydrogen (secondary N) is 1. The average Bonchev–Trinajstić information content (AvgIpc) is 3.08. The lowest BCUT2D eigenvalue weighted by Gasteiger charge is -2.20. The van der Waals surface area contributed by atoms with Gasteiger partial charge in [0.25, 0.3) is 0 Å². The summed E-state index contributed by atoms with van der Waals surface area (Å²) < 4.78 is 24.2. The Bertz CT molecular complexity index is 856. The predicted octanol–water partition coefficient (Wildman–Crippen LogP) is 2.51. The van der Waals surface area contributed by atoms with E-state index in [4.69, 9.17) is 9.47 Å². The van der Waals surface area contributed by atoms with Gasteiger partial charge in [-0.3, -0.25) is 9.59 Å². The van der Waals surface area contributed by atoms with E-state index in [0.717, 1.165) is 0 Å². The zero-order valence-electron chi connectivity index (χ0n) is 15.2. The van der Waals surface area contributed by atoms with Gasteiger partial charge in [-0.25, -0.2) is 4.39 Å². The van der Waals surface area contributed by atoms with Gasteiger partial charge in [-0.05, 0) is 18.2 Å². The van der Waals surface area contributed by atoms with E-state index in [9.17, 15) is 14.0 Å². The monoisotopic (exact) mass is 372 g/mol. The van der Waals surface area contributed by atoms with Crippen molar-refractivity contribution >= 4 is 17.5 Å². The van der Waals surface area contributed by atoms with Crippen LogP contribution in [-0.4, -0.2) is 32.6 Å². The quantitative estimate of drug-likeness (QED) is 0.846. The number of carbonyl (C=O) groups excluding carboxylic acids is 2. The van der Waals surface area contributed by atoms with Crippen LogP contribution in [0.1, 0.15) is 12.0 Å². The van der Waals surface area contributed by atoms with E-state index in [1.165, 1.54) is 25.2 Å². The molecular formula is C20H21FN2O4. The molecule has 0 aliphatic carbocycles. The van der Waals surface area contributed by atoms with Crippen LogP contribution in [0.15, 0.2) is 42.5 Å². The fourth-order valence-corrected chi connectivity index (χ4v) is 3.09. The number of hydrogen-bond acceptors (Lipinski definition) is 4. The lowest BCUT2D eigenvalue weighted by molar-refractivity contribution is -0.126. The third-order valence-electron chi connectivity index (χ3n) is 4.58. The van der Waals surface area contributed by atoms with Crippen molar-refractivity contribution in [3.8, 4) is 11.5 Å². The van der Waals surface area contributed by atoms with Crippen LogP contribution in [0.5, 0.6) is 11.5 Å². The molecule has 1 aliphatic rings. The molecule has 2 amide bonds. The second kappa shape index (κ2) is 8.07. The first-order chi connectivity index (χ1) is 13.0. The Morgan fingerprint density at radius 3 is 2.70 bits per heavy atom. The third kappa shape index (κ3) is 4.02. The fourth-order valence-electron chi connectivity index (χ4n) is 3.09. The molecule has 1 atom stereocenters. The molecule has 3 rings (SSSR count). The highest BCUT2D eigenvalue weighted by Crippen LogP contribution is 2.36. The Morgan fingerprint density at radius 1 is 1.22 bits per heavy atom. The van der Waals surface area contributed by atoms with Crippen molar-refractivity contribution in [1.29, 1.82) is 0 Å². The van der Waals surface area contributed by atoms with E-state index in [-0.39, 0.29) is 37.1 Å². The van der Waals surface area contributed by atoms with E-state index in [2.05, 4.69) is 5.32 Å². The van der Waals surface area contributed by atoms with Gasteiger partial charge in [0, 0.05) is 31.1 Å². The Kier molecular flexibility index (Phi) is 5.59. The summed E-state index contributed by atoms with van der Waals surface area (Å²) in [6.07, 6.45) is 0.0868. The molecule has 1 unspecified atom stereocenters. The second-order valence-corrected chi connectivity index (χ2v) is 6.25. The largest absolute Gasteiger partial charge is 0.497 e. The van der Waals surface area contributed by atoms with E-state index in [1.807, 2.05) is 0 Å². The number of amides is 2. The summed E-state index contributed by atoms with van der Waals surface area (Å²) in [5.74, 6) is -0.227. The summed E-state index contributed by atoms with van der Waals surface area (Å²) in [6.45, 7) is 0.310. The molecule has 1 aliphatic heterocycles. The van der Waals surface area contributed by atoms with Crippen LogP contribution >= 0.6 is 0 Å². The summed E-state index contributed by atoms with van der Waals surface area (Å²) in [7, 11) is 3.06. The van der Waals surface area contributed by atoms with Crippen LogP contribution in [0.4, 0.5) is 10.1 Å². The molecule has 0 saturated carbocycles. The highest BCUT2D eigenvalue weighted by Gasteiger charge is 2.36. The van der Waals surface area contributed by atoms with Gasteiger partial charge in [0.05, 0.1) is 25.8 Å². The van der Waals surface area contributed by atoms with E-state index in [0.29, 0.717) is 22.7 Å². The number of halogens is 1. The molecule has 1 heterocycles. The number of nitrogens with zero attached hydrogens (tertiary/aromatic N) is 1. The van der Waals surface area contributed by atoms with Crippen molar-refractivity contribution < 1.29 is 23.5 Å². The number of ether oxygens (including phenoxy) is 2. The zero-order valence-corrected chi connectivity index (χ0v) is 15.2. The van der Waals surface area contributed by atoms with Gasteiger partial charge in [0.15, 0.2) is 0 Å². The number of benzene rings is 2. The van der Waals surface area contributed by atoms with Gasteiger partial charge >= 0.3 is 0 Å². The third-order valence-corrected chi connectivity index (χ3v) is 4.58. The van der Waals surface area contributed by atoms with Crippen molar-refractivity contribution in [2.24, 2.45) is 5.92 Å². The highest BCUT2D eigenvalue weighted by molar-refractivity contribution is 6.01. The van der Waals surface area contributed by atoms with E-state index < -0.39 is 5.92 Å². The molecule has 7 heteroatoms. The molecule has 142 valence electrons. The average molecular weight is 372 g/mol. The first-order valence-corrected chi connectivity index (χ1v) is 8.57. The molecule has 0 spiro atoms. The summed E-state index contributed by atoms with van der Waals surface area (Å²) in [5.41, 5.74) is 0.966. The molecule has 6 nitrogen and oxygen atoms in total. The highest BCUT2D eigenvalue weighted by atomic mass is 19.1. The Morgan fingerprint density at radius 2 is 2.00 bits per heavy atom. The Balaban J connectivity index is 1.70. The molecule has 1 saturated heterocycles. The summed E-state index contributed by atoms with van der Waals surface area (Å²) in [5, 5.41) is 2.71. The first kappa shape index (κ1) is 18.7. The maximum absolute atomic E-state index is 13.7. The predicted molar refractivity (Wildman–Crippen MR) is 98.3 cm³/mol. The first-order valence-electron chi connectivity index (χ1n) is 8.57. The maximum atomic E-state index is 13.7. The van der Waals surface area contributed by atoms with E-state index >= 15 is 0 Å². The topological polar surface area (TPSA) is 67.9 Å². The summed E-state index contributed by atoms with van der Waals surface area (Å²) in [4.78, 5) is 26.5. The van der Waals surface area contributed by atoms with Crippen molar-refractivity contribution in [2.45, 2.75) is 13.0 Å². The van der Waals surface area contributed by atoms with Crippen molar-refractivity contribution in [1.82, 2.24) is 5.32 Å². The number of methoxy groups -OCH3 is 2. The van der Waals surface area contributed by atoms with Crippen LogP contribution in [0, 0.1) is 11.7 Å². The van der Waals surface area contributed by atoms with Gasteiger partial charge in [-0.1, -0.05) is 18.2 Å². The Labute approximate surface area is 156 Å². The molecule has 2 aromatic rings. The molecule has 1 fully saturated rings. The van der Waals surface area contributed by atoms with Gasteiger partial charge in [-0.2, -0.15) is 0 Å². The zero-order chi connectivity index (χ0) is 19.4. The van der Waals surface area contributed by atoms with Gasteiger partial charge < -0.3 is 19.7 Å². The van der Waals surface area contributed by atoms with Crippen LogP contribution in [-0.2, 0) is 16.1 Å². The van der Waals surface area contributed by atoms with Gasteiger partial charge in [-0.15, -0.1) is 0 Å². The molecule has 2 aromatic carbocycles. The maximum Gasteiger partial charge on any atom is 0.227 e. The van der Waals surface area contributed by atoms with Crippen LogP contribution < -0.4 is 19.7 Å². The number of carbonyl (C=O) groups is 2. The van der Waals surface area contributed by atoms with Crippen LogP contribution in [0.3, 0.4) is 0 Å². The van der Waals surface area contributed by atoms with Crippen LogP contribution in [0.25, 0.3) is 0 Å². The summed E-state index contributed by atoms with van der Waals surface area (Å²) in [6, 6.07) is 11.4. The van der Waals surface area contributed by atoms with Gasteiger partial charge in [0.1, 0.15) is 17.3 Å². The lowest BCUT2D eigenvalue weighted by atomic mass is 10.1. The minimum absolute atomic E-state index is 0.0820. The minimum atomic E-state index is -0.514. The molecule has 0 radical (unpaired) electrons. The molecule has 0 bridgehead atoms. The molecule has 0 aromatic heterocycles. The number of anilines is 1. The normalized spacial score (nSPS) is 16.3. The van der Waals surface area contributed by atoms with E-state index in [1.54, 1.807) is 36.4 Å². The minimum Gasteiger partial charge on any atom is -0.497 e. The van der Waals surface area contributed by atoms with Crippen LogP contribution in [0.2, 0.25) is 0 Å². The standard InChI is InChI=1S/C20H21FN2O4/c1-26-15-7-8-18(27-2)17(10-15)23-12-14(9-19(23)24)20(25)22-11-13-5-3-4-6-16(13)21/h3-8,10,14H,9,11-12H2,1-2H3,(H,22,25). The smallest absolute Gasteiger partial charge is 0.227 e. The molecule has 1 N–H and O–H groups in total.